The fourth-order valence-electron chi connectivity index (χ4n) is 3.59. The zero-order valence-corrected chi connectivity index (χ0v) is 15.7. The highest BCUT2D eigenvalue weighted by atomic mass is 32.1. The highest BCUT2D eigenvalue weighted by molar-refractivity contribution is 7.18. The van der Waals surface area contributed by atoms with Crippen molar-refractivity contribution in [3.63, 3.8) is 0 Å². The lowest BCUT2D eigenvalue weighted by molar-refractivity contribution is 0.0847. The average Bonchev–Trinajstić information content (AvgIpc) is 3.02. The van der Waals surface area contributed by atoms with Crippen molar-refractivity contribution in [2.75, 3.05) is 12.8 Å². The van der Waals surface area contributed by atoms with Crippen LogP contribution < -0.4 is 5.73 Å². The number of alkyl halides is 2. The van der Waals surface area contributed by atoms with Crippen LogP contribution in [-0.2, 0) is 0 Å². The SMILES string of the molecule is CN=Cc1cc(-c2ccc3cc(C4CC(CC(F)F)C4)sc3n2)cnc1N. The number of hydrogen-bond acceptors (Lipinski definition) is 5. The zero-order chi connectivity index (χ0) is 19.0. The van der Waals surface area contributed by atoms with Crippen LogP contribution >= 0.6 is 11.3 Å². The number of pyridine rings is 2. The molecule has 4 nitrogen and oxygen atoms in total. The van der Waals surface area contributed by atoms with Crippen LogP contribution in [0.25, 0.3) is 21.5 Å². The summed E-state index contributed by atoms with van der Waals surface area (Å²) in [5.41, 5.74) is 8.36. The van der Waals surface area contributed by atoms with Gasteiger partial charge in [0.05, 0.1) is 5.69 Å². The summed E-state index contributed by atoms with van der Waals surface area (Å²) < 4.78 is 25.0. The molecule has 1 aliphatic rings. The van der Waals surface area contributed by atoms with Gasteiger partial charge in [0.25, 0.3) is 0 Å². The van der Waals surface area contributed by atoms with Gasteiger partial charge in [-0.2, -0.15) is 0 Å². The van der Waals surface area contributed by atoms with Crippen LogP contribution in [0.1, 0.15) is 35.6 Å². The van der Waals surface area contributed by atoms with Gasteiger partial charge >= 0.3 is 0 Å². The zero-order valence-electron chi connectivity index (χ0n) is 14.9. The molecule has 3 aromatic heterocycles. The lowest BCUT2D eigenvalue weighted by Crippen LogP contribution is -2.23. The summed E-state index contributed by atoms with van der Waals surface area (Å²) in [5.74, 6) is 0.984. The van der Waals surface area contributed by atoms with Crippen molar-refractivity contribution in [1.29, 1.82) is 0 Å². The number of hydrogen-bond donors (Lipinski definition) is 1. The van der Waals surface area contributed by atoms with Gasteiger partial charge in [0.15, 0.2) is 0 Å². The van der Waals surface area contributed by atoms with E-state index >= 15 is 0 Å². The van der Waals surface area contributed by atoms with Gasteiger partial charge in [-0.15, -0.1) is 11.3 Å². The molecule has 0 aliphatic heterocycles. The topological polar surface area (TPSA) is 64.2 Å². The van der Waals surface area contributed by atoms with Crippen LogP contribution in [0.4, 0.5) is 14.6 Å². The Bertz CT molecular complexity index is 993. The third-order valence-electron chi connectivity index (χ3n) is 5.07. The molecule has 0 unspecified atom stereocenters. The van der Waals surface area contributed by atoms with E-state index in [-0.39, 0.29) is 12.3 Å². The first-order valence-electron chi connectivity index (χ1n) is 8.90. The highest BCUT2D eigenvalue weighted by Gasteiger charge is 2.33. The van der Waals surface area contributed by atoms with E-state index in [2.05, 4.69) is 22.1 Å². The van der Waals surface area contributed by atoms with Crippen molar-refractivity contribution < 1.29 is 8.78 Å². The third-order valence-corrected chi connectivity index (χ3v) is 6.27. The second kappa shape index (κ2) is 7.31. The van der Waals surface area contributed by atoms with Crippen LogP contribution in [0.3, 0.4) is 0 Å². The van der Waals surface area contributed by atoms with Crippen molar-refractivity contribution in [3.05, 3.63) is 40.9 Å². The summed E-state index contributed by atoms with van der Waals surface area (Å²) in [7, 11) is 1.69. The molecule has 1 saturated carbocycles. The molecule has 1 aliphatic carbocycles. The van der Waals surface area contributed by atoms with Crippen LogP contribution in [0, 0.1) is 5.92 Å². The van der Waals surface area contributed by atoms with Crippen molar-refractivity contribution in [2.45, 2.75) is 31.6 Å². The van der Waals surface area contributed by atoms with E-state index in [1.165, 1.54) is 4.88 Å². The molecule has 2 N–H and O–H groups in total. The van der Waals surface area contributed by atoms with Gasteiger partial charge < -0.3 is 5.73 Å². The Balaban J connectivity index is 1.58. The van der Waals surface area contributed by atoms with Crippen LogP contribution in [-0.4, -0.2) is 29.7 Å². The number of anilines is 1. The minimum absolute atomic E-state index is 0.0251. The molecule has 3 heterocycles. The monoisotopic (exact) mass is 386 g/mol. The average molecular weight is 386 g/mol. The number of fused-ring (bicyclic) bond motifs is 1. The second-order valence-corrected chi connectivity index (χ2v) is 8.05. The van der Waals surface area contributed by atoms with Gasteiger partial charge in [-0.3, -0.25) is 4.99 Å². The largest absolute Gasteiger partial charge is 0.383 e. The van der Waals surface area contributed by atoms with Gasteiger partial charge in [0.1, 0.15) is 10.6 Å². The highest BCUT2D eigenvalue weighted by Crippen LogP contribution is 2.47. The van der Waals surface area contributed by atoms with E-state index in [9.17, 15) is 8.78 Å². The van der Waals surface area contributed by atoms with Crippen LogP contribution in [0.15, 0.2) is 35.5 Å². The predicted molar refractivity (Wildman–Crippen MR) is 107 cm³/mol. The molecule has 1 fully saturated rings. The van der Waals surface area contributed by atoms with Crippen molar-refractivity contribution in [3.8, 4) is 11.3 Å². The second-order valence-electron chi connectivity index (χ2n) is 6.99. The maximum atomic E-state index is 12.5. The first-order valence-corrected chi connectivity index (χ1v) is 9.72. The maximum absolute atomic E-state index is 12.5. The summed E-state index contributed by atoms with van der Waals surface area (Å²) in [6.07, 6.45) is 2.93. The molecule has 140 valence electrons. The van der Waals surface area contributed by atoms with E-state index in [0.29, 0.717) is 11.7 Å². The molecule has 0 saturated heterocycles. The summed E-state index contributed by atoms with van der Waals surface area (Å²) >= 11 is 1.66. The molecular formula is C20H20F2N4S. The molecule has 3 aromatic rings. The van der Waals surface area contributed by atoms with Gasteiger partial charge in [0, 0.05) is 47.3 Å². The van der Waals surface area contributed by atoms with Crippen molar-refractivity contribution in [2.24, 2.45) is 10.9 Å². The normalized spacial score (nSPS) is 19.9. The number of rotatable bonds is 5. The first-order chi connectivity index (χ1) is 13.0. The van der Waals surface area contributed by atoms with E-state index in [0.717, 1.165) is 39.9 Å². The molecule has 0 radical (unpaired) electrons. The maximum Gasteiger partial charge on any atom is 0.238 e. The van der Waals surface area contributed by atoms with Crippen molar-refractivity contribution in [1.82, 2.24) is 9.97 Å². The molecule has 0 spiro atoms. The number of aromatic nitrogens is 2. The third kappa shape index (κ3) is 3.69. The summed E-state index contributed by atoms with van der Waals surface area (Å²) in [5, 5.41) is 1.09. The molecule has 4 rings (SSSR count). The minimum Gasteiger partial charge on any atom is -0.383 e. The summed E-state index contributed by atoms with van der Waals surface area (Å²) in [6.45, 7) is 0. The van der Waals surface area contributed by atoms with E-state index in [1.54, 1.807) is 30.8 Å². The summed E-state index contributed by atoms with van der Waals surface area (Å²) in [6, 6.07) is 8.10. The molecule has 0 bridgehead atoms. The molecule has 0 atom stereocenters. The van der Waals surface area contributed by atoms with E-state index in [1.807, 2.05) is 12.1 Å². The Morgan fingerprint density at radius 3 is 2.89 bits per heavy atom. The Kier molecular flexibility index (Phi) is 4.86. The Morgan fingerprint density at radius 1 is 1.33 bits per heavy atom. The number of thiophene rings is 1. The molecular weight excluding hydrogens is 366 g/mol. The Morgan fingerprint density at radius 2 is 2.15 bits per heavy atom. The quantitative estimate of drug-likeness (QED) is 0.618. The Labute approximate surface area is 160 Å². The molecule has 27 heavy (non-hydrogen) atoms. The van der Waals surface area contributed by atoms with Gasteiger partial charge in [-0.05, 0) is 48.9 Å². The van der Waals surface area contributed by atoms with Crippen molar-refractivity contribution >= 4 is 33.6 Å². The van der Waals surface area contributed by atoms with Crippen LogP contribution in [0.5, 0.6) is 0 Å². The lowest BCUT2D eigenvalue weighted by Gasteiger charge is -2.34. The first kappa shape index (κ1) is 18.0. The standard InChI is InChI=1S/C20H20F2N4S/c1-24-9-15-7-14(10-25-19(15)23)16-3-2-12-8-17(27-20(12)26-16)13-4-11(5-13)6-18(21)22/h2-3,7-11,13,18H,4-6H2,1H3,(H2,23,25). The number of nitrogen functional groups attached to an aromatic ring is 1. The van der Waals surface area contributed by atoms with Gasteiger partial charge in [0.2, 0.25) is 6.43 Å². The number of halogens is 2. The van der Waals surface area contributed by atoms with E-state index < -0.39 is 6.43 Å². The lowest BCUT2D eigenvalue weighted by atomic mass is 9.72. The Hall–Kier alpha value is -2.41. The number of nitrogens with zero attached hydrogens (tertiary/aromatic N) is 3. The minimum atomic E-state index is -2.20. The molecule has 7 heteroatoms. The summed E-state index contributed by atoms with van der Waals surface area (Å²) in [4.78, 5) is 15.2. The van der Waals surface area contributed by atoms with E-state index in [4.69, 9.17) is 10.7 Å². The fraction of sp³-hybridized carbons (Fsp3) is 0.350. The number of nitrogens with two attached hydrogens (primary N) is 1. The van der Waals surface area contributed by atoms with Gasteiger partial charge in [-0.25, -0.2) is 18.7 Å². The predicted octanol–water partition coefficient (Wildman–Crippen LogP) is 5.14. The fourth-order valence-corrected chi connectivity index (χ4v) is 4.74. The van der Waals surface area contributed by atoms with Gasteiger partial charge in [-0.1, -0.05) is 0 Å². The number of aliphatic imine (C=N–C) groups is 1. The smallest absolute Gasteiger partial charge is 0.238 e. The molecule has 0 aromatic carbocycles. The van der Waals surface area contributed by atoms with Crippen LogP contribution in [0.2, 0.25) is 0 Å². The molecule has 0 amide bonds.